The second kappa shape index (κ2) is 4.18. The highest BCUT2D eigenvalue weighted by molar-refractivity contribution is 5.19. The first-order valence-electron chi connectivity index (χ1n) is 3.90. The molecule has 1 atom stereocenters. The molecule has 0 spiro atoms. The summed E-state index contributed by atoms with van der Waals surface area (Å²) in [5.74, 6) is 0. The van der Waals surface area contributed by atoms with Gasteiger partial charge in [0.15, 0.2) is 0 Å². The predicted octanol–water partition coefficient (Wildman–Crippen LogP) is 1.04. The van der Waals surface area contributed by atoms with Gasteiger partial charge < -0.3 is 10.5 Å². The molecule has 0 aliphatic heterocycles. The van der Waals surface area contributed by atoms with E-state index >= 15 is 0 Å². The number of aromatic nitrogens is 1. The van der Waals surface area contributed by atoms with Crippen molar-refractivity contribution in [2.75, 3.05) is 13.7 Å². The quantitative estimate of drug-likeness (QED) is 0.729. The van der Waals surface area contributed by atoms with Crippen molar-refractivity contribution in [3.63, 3.8) is 0 Å². The third-order valence-electron chi connectivity index (χ3n) is 1.67. The van der Waals surface area contributed by atoms with Gasteiger partial charge in [-0.25, -0.2) is 0 Å². The van der Waals surface area contributed by atoms with Crippen molar-refractivity contribution in [2.24, 2.45) is 5.73 Å². The number of methoxy groups -OCH3 is 1. The zero-order valence-corrected chi connectivity index (χ0v) is 7.45. The van der Waals surface area contributed by atoms with Gasteiger partial charge in [-0.15, -0.1) is 0 Å². The van der Waals surface area contributed by atoms with Crippen molar-refractivity contribution < 1.29 is 4.74 Å². The smallest absolute Gasteiger partial charge is 0.0656 e. The second-order valence-electron chi connectivity index (χ2n) is 2.86. The summed E-state index contributed by atoms with van der Waals surface area (Å²) in [6.07, 6.45) is 3.58. The number of rotatable bonds is 3. The molecule has 0 radical (unpaired) electrons. The van der Waals surface area contributed by atoms with Gasteiger partial charge in [0.1, 0.15) is 0 Å². The molecule has 0 aliphatic rings. The van der Waals surface area contributed by atoms with E-state index in [4.69, 9.17) is 10.5 Å². The summed E-state index contributed by atoms with van der Waals surface area (Å²) in [6.45, 7) is 2.53. The fourth-order valence-corrected chi connectivity index (χ4v) is 1.06. The van der Waals surface area contributed by atoms with Gasteiger partial charge in [-0.2, -0.15) is 0 Å². The van der Waals surface area contributed by atoms with Crippen LogP contribution in [0.25, 0.3) is 0 Å². The zero-order valence-electron chi connectivity index (χ0n) is 7.45. The van der Waals surface area contributed by atoms with E-state index in [-0.39, 0.29) is 6.04 Å². The van der Waals surface area contributed by atoms with E-state index in [2.05, 4.69) is 4.98 Å². The number of ether oxygens (including phenoxy) is 1. The van der Waals surface area contributed by atoms with Crippen LogP contribution in [-0.2, 0) is 4.74 Å². The average Bonchev–Trinajstić information content (AvgIpc) is 2.05. The number of hydrogen-bond donors (Lipinski definition) is 1. The lowest BCUT2D eigenvalue weighted by molar-refractivity contribution is 0.181. The van der Waals surface area contributed by atoms with Crippen molar-refractivity contribution in [1.82, 2.24) is 4.98 Å². The third kappa shape index (κ3) is 2.29. The van der Waals surface area contributed by atoms with Gasteiger partial charge in [0, 0.05) is 19.5 Å². The molecule has 0 saturated carbocycles. The molecule has 12 heavy (non-hydrogen) atoms. The molecule has 1 aromatic rings. The molecule has 1 aromatic heterocycles. The normalized spacial score (nSPS) is 12.9. The number of hydrogen-bond acceptors (Lipinski definition) is 3. The van der Waals surface area contributed by atoms with E-state index < -0.39 is 0 Å². The SMILES string of the molecule is COC[C@@H](N)c1cncc(C)c1. The van der Waals surface area contributed by atoms with Gasteiger partial charge in [-0.3, -0.25) is 4.98 Å². The predicted molar refractivity (Wildman–Crippen MR) is 47.8 cm³/mol. The van der Waals surface area contributed by atoms with Crippen LogP contribution < -0.4 is 5.73 Å². The molecule has 0 saturated heterocycles. The molecular weight excluding hydrogens is 152 g/mol. The molecule has 66 valence electrons. The summed E-state index contributed by atoms with van der Waals surface area (Å²) in [5.41, 5.74) is 7.96. The number of pyridine rings is 1. The Hall–Kier alpha value is -0.930. The van der Waals surface area contributed by atoms with Crippen LogP contribution in [0.5, 0.6) is 0 Å². The minimum absolute atomic E-state index is 0.0672. The highest BCUT2D eigenvalue weighted by Crippen LogP contribution is 2.09. The summed E-state index contributed by atoms with van der Waals surface area (Å²) in [4.78, 5) is 4.05. The molecule has 0 unspecified atom stereocenters. The largest absolute Gasteiger partial charge is 0.383 e. The standard InChI is InChI=1S/C9H14N2O/c1-7-3-8(5-11-4-7)9(10)6-12-2/h3-5,9H,6,10H2,1-2H3/t9-/m1/s1. The number of nitrogens with zero attached hydrogens (tertiary/aromatic N) is 1. The van der Waals surface area contributed by atoms with Gasteiger partial charge >= 0.3 is 0 Å². The summed E-state index contributed by atoms with van der Waals surface area (Å²) >= 11 is 0. The second-order valence-corrected chi connectivity index (χ2v) is 2.86. The van der Waals surface area contributed by atoms with Gasteiger partial charge in [-0.05, 0) is 18.1 Å². The molecule has 3 nitrogen and oxygen atoms in total. The Morgan fingerprint density at radius 3 is 2.92 bits per heavy atom. The van der Waals surface area contributed by atoms with Gasteiger partial charge in [0.25, 0.3) is 0 Å². The average molecular weight is 166 g/mol. The molecule has 0 aliphatic carbocycles. The molecule has 1 heterocycles. The highest BCUT2D eigenvalue weighted by atomic mass is 16.5. The Labute approximate surface area is 72.6 Å². The van der Waals surface area contributed by atoms with Crippen LogP contribution >= 0.6 is 0 Å². The summed E-state index contributed by atoms with van der Waals surface area (Å²) in [5, 5.41) is 0. The maximum absolute atomic E-state index is 5.81. The molecule has 0 bridgehead atoms. The molecule has 0 fully saturated rings. The maximum Gasteiger partial charge on any atom is 0.0656 e. The lowest BCUT2D eigenvalue weighted by Crippen LogP contribution is -2.16. The van der Waals surface area contributed by atoms with Crippen LogP contribution in [-0.4, -0.2) is 18.7 Å². The maximum atomic E-state index is 5.81. The zero-order chi connectivity index (χ0) is 8.97. The Morgan fingerprint density at radius 2 is 2.33 bits per heavy atom. The van der Waals surface area contributed by atoms with Crippen molar-refractivity contribution in [3.8, 4) is 0 Å². The van der Waals surface area contributed by atoms with Crippen molar-refractivity contribution in [2.45, 2.75) is 13.0 Å². The minimum Gasteiger partial charge on any atom is -0.383 e. The molecule has 1 rings (SSSR count). The van der Waals surface area contributed by atoms with Crippen molar-refractivity contribution in [3.05, 3.63) is 29.6 Å². The van der Waals surface area contributed by atoms with Crippen molar-refractivity contribution in [1.29, 1.82) is 0 Å². The molecule has 2 N–H and O–H groups in total. The fraction of sp³-hybridized carbons (Fsp3) is 0.444. The van der Waals surface area contributed by atoms with E-state index in [0.717, 1.165) is 11.1 Å². The van der Waals surface area contributed by atoms with E-state index in [0.29, 0.717) is 6.61 Å². The number of nitrogens with two attached hydrogens (primary N) is 1. The Balaban J connectivity index is 2.73. The van der Waals surface area contributed by atoms with Crippen LogP contribution in [0.1, 0.15) is 17.2 Å². The summed E-state index contributed by atoms with van der Waals surface area (Å²) in [6, 6.07) is 1.96. The third-order valence-corrected chi connectivity index (χ3v) is 1.67. The van der Waals surface area contributed by atoms with Crippen LogP contribution in [0.4, 0.5) is 0 Å². The summed E-state index contributed by atoms with van der Waals surface area (Å²) in [7, 11) is 1.64. The van der Waals surface area contributed by atoms with E-state index in [1.54, 1.807) is 13.3 Å². The fourth-order valence-electron chi connectivity index (χ4n) is 1.06. The molecule has 3 heteroatoms. The van der Waals surface area contributed by atoms with Crippen LogP contribution in [0.3, 0.4) is 0 Å². The van der Waals surface area contributed by atoms with E-state index in [1.807, 2.05) is 19.2 Å². The molecule has 0 amide bonds. The monoisotopic (exact) mass is 166 g/mol. The topological polar surface area (TPSA) is 48.1 Å². The molecular formula is C9H14N2O. The lowest BCUT2D eigenvalue weighted by Gasteiger charge is -2.10. The Bertz CT molecular complexity index is 250. The van der Waals surface area contributed by atoms with Crippen LogP contribution in [0.2, 0.25) is 0 Å². The molecule has 0 aromatic carbocycles. The van der Waals surface area contributed by atoms with Crippen LogP contribution in [0, 0.1) is 6.92 Å². The minimum atomic E-state index is -0.0672. The first-order valence-corrected chi connectivity index (χ1v) is 3.90. The number of aryl methyl sites for hydroxylation is 1. The van der Waals surface area contributed by atoms with E-state index in [9.17, 15) is 0 Å². The van der Waals surface area contributed by atoms with Gasteiger partial charge in [0.05, 0.1) is 12.6 Å². The van der Waals surface area contributed by atoms with E-state index in [1.165, 1.54) is 0 Å². The first kappa shape index (κ1) is 9.16. The Kier molecular flexibility index (Phi) is 3.19. The Morgan fingerprint density at radius 1 is 1.58 bits per heavy atom. The first-order chi connectivity index (χ1) is 5.74. The highest BCUT2D eigenvalue weighted by Gasteiger charge is 2.04. The van der Waals surface area contributed by atoms with Crippen molar-refractivity contribution >= 4 is 0 Å². The van der Waals surface area contributed by atoms with Gasteiger partial charge in [0.2, 0.25) is 0 Å². The van der Waals surface area contributed by atoms with Crippen LogP contribution in [0.15, 0.2) is 18.5 Å². The lowest BCUT2D eigenvalue weighted by atomic mass is 10.1. The van der Waals surface area contributed by atoms with Gasteiger partial charge in [-0.1, -0.05) is 6.07 Å². The summed E-state index contributed by atoms with van der Waals surface area (Å²) < 4.78 is 4.95.